The second-order valence-electron chi connectivity index (χ2n) is 5.49. The highest BCUT2D eigenvalue weighted by Gasteiger charge is 2.30. The lowest BCUT2D eigenvalue weighted by atomic mass is 10.1. The number of aliphatic hydroxyl groups excluding tert-OH is 1. The van der Waals surface area contributed by atoms with E-state index >= 15 is 0 Å². The van der Waals surface area contributed by atoms with Gasteiger partial charge >= 0.3 is 0 Å². The van der Waals surface area contributed by atoms with Gasteiger partial charge in [0, 0.05) is 18.8 Å². The smallest absolute Gasteiger partial charge is 0.245 e. The Balaban J connectivity index is 2.42. The van der Waals surface area contributed by atoms with Crippen LogP contribution in [0.4, 0.5) is 5.69 Å². The minimum atomic E-state index is -0.495. The van der Waals surface area contributed by atoms with Crippen molar-refractivity contribution in [1.29, 1.82) is 0 Å². The fraction of sp³-hybridized carbons (Fsp3) is 0.533. The summed E-state index contributed by atoms with van der Waals surface area (Å²) in [5, 5.41) is 12.5. The number of hydrogen-bond acceptors (Lipinski definition) is 3. The molecule has 1 saturated heterocycles. The molecule has 1 aromatic rings. The maximum absolute atomic E-state index is 12.1. The summed E-state index contributed by atoms with van der Waals surface area (Å²) in [5.74, 6) is 0.271. The Morgan fingerprint density at radius 2 is 2.16 bits per heavy atom. The van der Waals surface area contributed by atoms with Gasteiger partial charge < -0.3 is 15.3 Å². The van der Waals surface area contributed by atoms with Gasteiger partial charge in [-0.15, -0.1) is 0 Å². The van der Waals surface area contributed by atoms with E-state index in [0.717, 1.165) is 23.4 Å². The first-order valence-electron chi connectivity index (χ1n) is 6.75. The molecule has 1 aliphatic rings. The third kappa shape index (κ3) is 2.89. The van der Waals surface area contributed by atoms with Crippen molar-refractivity contribution >= 4 is 11.6 Å². The molecule has 0 saturated carbocycles. The molecule has 2 rings (SSSR count). The summed E-state index contributed by atoms with van der Waals surface area (Å²) < 4.78 is 0. The molecular formula is C15H22N2O2. The van der Waals surface area contributed by atoms with Crippen LogP contribution in [-0.2, 0) is 4.79 Å². The number of benzene rings is 1. The Morgan fingerprint density at radius 3 is 2.84 bits per heavy atom. The van der Waals surface area contributed by atoms with Crippen molar-refractivity contribution in [3.8, 4) is 0 Å². The standard InChI is InChI=1S/C15H22N2O2/c1-10-4-5-12(3)13(6-10)17-8-11(2)7-16-15(19)14(17)9-18/h4-6,11,14,18H,7-9H2,1-3H3,(H,16,19). The lowest BCUT2D eigenvalue weighted by Crippen LogP contribution is -2.47. The number of carbonyl (C=O) groups is 1. The number of carbonyl (C=O) groups excluding carboxylic acids is 1. The van der Waals surface area contributed by atoms with Crippen LogP contribution < -0.4 is 10.2 Å². The van der Waals surface area contributed by atoms with Crippen molar-refractivity contribution in [3.05, 3.63) is 29.3 Å². The van der Waals surface area contributed by atoms with E-state index < -0.39 is 6.04 Å². The van der Waals surface area contributed by atoms with E-state index in [9.17, 15) is 9.90 Å². The minimum absolute atomic E-state index is 0.0900. The SMILES string of the molecule is Cc1ccc(C)c(N2CC(C)CNC(=O)C2CO)c1. The molecule has 1 amide bonds. The third-order valence-corrected chi connectivity index (χ3v) is 3.66. The second-order valence-corrected chi connectivity index (χ2v) is 5.49. The van der Waals surface area contributed by atoms with Crippen LogP contribution in [-0.4, -0.2) is 36.8 Å². The van der Waals surface area contributed by atoms with Gasteiger partial charge in [-0.1, -0.05) is 19.1 Å². The van der Waals surface area contributed by atoms with E-state index in [1.165, 1.54) is 0 Å². The van der Waals surface area contributed by atoms with Crippen LogP contribution in [0.15, 0.2) is 18.2 Å². The highest BCUT2D eigenvalue weighted by molar-refractivity contribution is 5.86. The molecule has 0 aliphatic carbocycles. The van der Waals surface area contributed by atoms with E-state index in [0.29, 0.717) is 12.5 Å². The maximum Gasteiger partial charge on any atom is 0.245 e. The Labute approximate surface area is 114 Å². The second kappa shape index (κ2) is 5.61. The average molecular weight is 262 g/mol. The first kappa shape index (κ1) is 13.9. The highest BCUT2D eigenvalue weighted by Crippen LogP contribution is 2.25. The molecule has 1 aliphatic heterocycles. The molecule has 4 nitrogen and oxygen atoms in total. The van der Waals surface area contributed by atoms with Gasteiger partial charge in [0.1, 0.15) is 6.04 Å². The third-order valence-electron chi connectivity index (χ3n) is 3.66. The molecule has 19 heavy (non-hydrogen) atoms. The number of rotatable bonds is 2. The molecular weight excluding hydrogens is 240 g/mol. The Hall–Kier alpha value is -1.55. The fourth-order valence-electron chi connectivity index (χ4n) is 2.54. The molecule has 2 atom stereocenters. The molecule has 104 valence electrons. The summed E-state index contributed by atoms with van der Waals surface area (Å²) >= 11 is 0. The van der Waals surface area contributed by atoms with Crippen molar-refractivity contribution in [3.63, 3.8) is 0 Å². The summed E-state index contributed by atoms with van der Waals surface area (Å²) in [7, 11) is 0. The molecule has 0 aromatic heterocycles. The first-order valence-corrected chi connectivity index (χ1v) is 6.75. The molecule has 4 heteroatoms. The molecule has 0 bridgehead atoms. The quantitative estimate of drug-likeness (QED) is 0.843. The maximum atomic E-state index is 12.1. The van der Waals surface area contributed by atoms with Crippen LogP contribution in [0.5, 0.6) is 0 Å². The molecule has 1 heterocycles. The van der Waals surface area contributed by atoms with E-state index in [-0.39, 0.29) is 12.5 Å². The summed E-state index contributed by atoms with van der Waals surface area (Å²) in [4.78, 5) is 14.1. The molecule has 0 spiro atoms. The number of anilines is 1. The number of nitrogens with zero attached hydrogens (tertiary/aromatic N) is 1. The Bertz CT molecular complexity index is 473. The Kier molecular flexibility index (Phi) is 4.10. The summed E-state index contributed by atoms with van der Waals surface area (Å²) in [6.07, 6.45) is 0. The van der Waals surface area contributed by atoms with Gasteiger partial charge in [-0.05, 0) is 37.0 Å². The van der Waals surface area contributed by atoms with Gasteiger partial charge in [-0.2, -0.15) is 0 Å². The lowest BCUT2D eigenvalue weighted by molar-refractivity contribution is -0.122. The van der Waals surface area contributed by atoms with Gasteiger partial charge in [0.05, 0.1) is 6.61 Å². The van der Waals surface area contributed by atoms with E-state index in [1.807, 2.05) is 18.7 Å². The van der Waals surface area contributed by atoms with Crippen molar-refractivity contribution in [2.45, 2.75) is 26.8 Å². The highest BCUT2D eigenvalue weighted by atomic mass is 16.3. The minimum Gasteiger partial charge on any atom is -0.394 e. The van der Waals surface area contributed by atoms with Crippen LogP contribution in [0.2, 0.25) is 0 Å². The first-order chi connectivity index (χ1) is 9.02. The zero-order chi connectivity index (χ0) is 14.0. The van der Waals surface area contributed by atoms with Crippen molar-refractivity contribution < 1.29 is 9.90 Å². The zero-order valence-corrected chi connectivity index (χ0v) is 11.8. The number of amides is 1. The van der Waals surface area contributed by atoms with Crippen molar-refractivity contribution in [2.24, 2.45) is 5.92 Å². The van der Waals surface area contributed by atoms with Gasteiger partial charge in [-0.25, -0.2) is 0 Å². The topological polar surface area (TPSA) is 52.6 Å². The molecule has 2 N–H and O–H groups in total. The van der Waals surface area contributed by atoms with Gasteiger partial charge in [0.15, 0.2) is 0 Å². The number of hydrogen-bond donors (Lipinski definition) is 2. The van der Waals surface area contributed by atoms with Gasteiger partial charge in [0.25, 0.3) is 0 Å². The number of aryl methyl sites for hydroxylation is 2. The molecule has 0 radical (unpaired) electrons. The van der Waals surface area contributed by atoms with Crippen molar-refractivity contribution in [2.75, 3.05) is 24.6 Å². The zero-order valence-electron chi connectivity index (χ0n) is 11.8. The predicted octanol–water partition coefficient (Wildman–Crippen LogP) is 1.24. The summed E-state index contributed by atoms with van der Waals surface area (Å²) in [6.45, 7) is 7.46. The van der Waals surface area contributed by atoms with E-state index in [1.54, 1.807) is 0 Å². The van der Waals surface area contributed by atoms with Crippen LogP contribution in [0.25, 0.3) is 0 Å². The predicted molar refractivity (Wildman–Crippen MR) is 76.3 cm³/mol. The van der Waals surface area contributed by atoms with Crippen LogP contribution in [0.1, 0.15) is 18.1 Å². The van der Waals surface area contributed by atoms with Crippen LogP contribution in [0.3, 0.4) is 0 Å². The summed E-state index contributed by atoms with van der Waals surface area (Å²) in [6, 6.07) is 5.72. The lowest BCUT2D eigenvalue weighted by Gasteiger charge is -2.32. The number of nitrogens with one attached hydrogen (secondary N) is 1. The average Bonchev–Trinajstić information content (AvgIpc) is 2.52. The molecule has 1 fully saturated rings. The van der Waals surface area contributed by atoms with Gasteiger partial charge in [0.2, 0.25) is 5.91 Å². The Morgan fingerprint density at radius 1 is 1.42 bits per heavy atom. The normalized spacial score (nSPS) is 24.0. The van der Waals surface area contributed by atoms with Crippen LogP contribution in [0, 0.1) is 19.8 Å². The largest absolute Gasteiger partial charge is 0.394 e. The van der Waals surface area contributed by atoms with E-state index in [2.05, 4.69) is 30.4 Å². The van der Waals surface area contributed by atoms with Crippen LogP contribution >= 0.6 is 0 Å². The number of aliphatic hydroxyl groups is 1. The monoisotopic (exact) mass is 262 g/mol. The molecule has 2 unspecified atom stereocenters. The summed E-state index contributed by atoms with van der Waals surface area (Å²) in [5.41, 5.74) is 3.34. The van der Waals surface area contributed by atoms with Crippen molar-refractivity contribution in [1.82, 2.24) is 5.32 Å². The van der Waals surface area contributed by atoms with Gasteiger partial charge in [-0.3, -0.25) is 4.79 Å². The fourth-order valence-corrected chi connectivity index (χ4v) is 2.54. The van der Waals surface area contributed by atoms with E-state index in [4.69, 9.17) is 0 Å². The molecule has 1 aromatic carbocycles.